The molecule has 1 aromatic carbocycles. The van der Waals surface area contributed by atoms with Crippen molar-refractivity contribution in [2.24, 2.45) is 0 Å². The van der Waals surface area contributed by atoms with Crippen LogP contribution in [-0.4, -0.2) is 35.1 Å². The first-order valence-electron chi connectivity index (χ1n) is 6.87. The van der Waals surface area contributed by atoms with E-state index in [1.165, 1.54) is 17.0 Å². The van der Waals surface area contributed by atoms with Gasteiger partial charge < -0.3 is 10.0 Å². The van der Waals surface area contributed by atoms with Crippen LogP contribution in [0.3, 0.4) is 0 Å². The van der Waals surface area contributed by atoms with Crippen molar-refractivity contribution >= 4 is 5.91 Å². The smallest absolute Gasteiger partial charge is 0.227 e. The molecule has 3 nitrogen and oxygen atoms in total. The van der Waals surface area contributed by atoms with Crippen LogP contribution in [0, 0.1) is 11.6 Å². The molecule has 1 aliphatic rings. The fraction of sp³-hybridized carbons (Fsp3) is 0.533. The van der Waals surface area contributed by atoms with Gasteiger partial charge in [0, 0.05) is 12.6 Å². The Kier molecular flexibility index (Phi) is 4.70. The Morgan fingerprint density at radius 2 is 2.05 bits per heavy atom. The molecular formula is C15H19F2NO2. The molecule has 2 rings (SSSR count). The van der Waals surface area contributed by atoms with Crippen molar-refractivity contribution in [2.75, 3.05) is 7.05 Å². The number of likely N-dealkylation sites (N-methyl/N-ethyl adjacent to an activating group) is 1. The molecule has 0 radical (unpaired) electrons. The van der Waals surface area contributed by atoms with Gasteiger partial charge in [0.1, 0.15) is 0 Å². The highest BCUT2D eigenvalue weighted by Gasteiger charge is 2.29. The summed E-state index contributed by atoms with van der Waals surface area (Å²) in [5.41, 5.74) is 0.0483. The van der Waals surface area contributed by atoms with E-state index in [0.29, 0.717) is 6.42 Å². The maximum Gasteiger partial charge on any atom is 0.227 e. The van der Waals surface area contributed by atoms with Crippen molar-refractivity contribution in [1.29, 1.82) is 0 Å². The van der Waals surface area contributed by atoms with Gasteiger partial charge in [0.25, 0.3) is 0 Å². The van der Waals surface area contributed by atoms with Crippen LogP contribution in [0.15, 0.2) is 18.2 Å². The second-order valence-corrected chi connectivity index (χ2v) is 5.31. The number of hydrogen-bond donors (Lipinski definition) is 1. The molecule has 1 saturated carbocycles. The highest BCUT2D eigenvalue weighted by atomic mass is 19.2. The van der Waals surface area contributed by atoms with Gasteiger partial charge >= 0.3 is 0 Å². The van der Waals surface area contributed by atoms with Crippen LogP contribution in [0.5, 0.6) is 0 Å². The Morgan fingerprint density at radius 1 is 1.35 bits per heavy atom. The van der Waals surface area contributed by atoms with Crippen LogP contribution in [-0.2, 0) is 11.2 Å². The average Bonchev–Trinajstić information content (AvgIpc) is 2.43. The Bertz CT molecular complexity index is 493. The van der Waals surface area contributed by atoms with Gasteiger partial charge in [0.15, 0.2) is 11.6 Å². The third kappa shape index (κ3) is 3.15. The fourth-order valence-corrected chi connectivity index (χ4v) is 2.70. The summed E-state index contributed by atoms with van der Waals surface area (Å²) in [6.45, 7) is 0. The first kappa shape index (κ1) is 14.9. The van der Waals surface area contributed by atoms with Crippen molar-refractivity contribution in [3.63, 3.8) is 0 Å². The van der Waals surface area contributed by atoms with E-state index in [4.69, 9.17) is 0 Å². The number of aliphatic hydroxyl groups excluding tert-OH is 1. The highest BCUT2D eigenvalue weighted by Crippen LogP contribution is 2.23. The fourth-order valence-electron chi connectivity index (χ4n) is 2.70. The van der Waals surface area contributed by atoms with Crippen LogP contribution in [0.25, 0.3) is 0 Å². The summed E-state index contributed by atoms with van der Waals surface area (Å²) < 4.78 is 26.7. The molecule has 110 valence electrons. The zero-order valence-corrected chi connectivity index (χ0v) is 11.5. The largest absolute Gasteiger partial charge is 0.391 e. The van der Waals surface area contributed by atoms with Gasteiger partial charge in [-0.15, -0.1) is 0 Å². The lowest BCUT2D eigenvalue weighted by atomic mass is 9.91. The number of benzene rings is 1. The third-order valence-electron chi connectivity index (χ3n) is 3.96. The molecule has 1 N–H and O–H groups in total. The normalized spacial score (nSPS) is 22.6. The van der Waals surface area contributed by atoms with E-state index in [9.17, 15) is 18.7 Å². The van der Waals surface area contributed by atoms with Gasteiger partial charge in [-0.25, -0.2) is 8.78 Å². The van der Waals surface area contributed by atoms with Crippen LogP contribution in [0.2, 0.25) is 0 Å². The van der Waals surface area contributed by atoms with Crippen molar-refractivity contribution in [3.05, 3.63) is 35.4 Å². The average molecular weight is 283 g/mol. The van der Waals surface area contributed by atoms with Crippen LogP contribution in [0.1, 0.15) is 31.2 Å². The summed E-state index contributed by atoms with van der Waals surface area (Å²) in [5.74, 6) is -2.23. The minimum Gasteiger partial charge on any atom is -0.391 e. The standard InChI is InChI=1S/C15H19F2NO2/c1-18(12-7-2-3-8-13(12)19)14(20)9-10-5-4-6-11(16)15(10)17/h4-6,12-13,19H,2-3,7-9H2,1H3. The Balaban J connectivity index is 2.05. The zero-order valence-electron chi connectivity index (χ0n) is 11.5. The Hall–Kier alpha value is -1.49. The van der Waals surface area contributed by atoms with E-state index in [-0.39, 0.29) is 23.9 Å². The summed E-state index contributed by atoms with van der Waals surface area (Å²) in [5, 5.41) is 9.93. The van der Waals surface area contributed by atoms with Crippen LogP contribution in [0.4, 0.5) is 8.78 Å². The van der Waals surface area contributed by atoms with E-state index >= 15 is 0 Å². The summed E-state index contributed by atoms with van der Waals surface area (Å²) >= 11 is 0. The van der Waals surface area contributed by atoms with E-state index in [2.05, 4.69) is 0 Å². The second-order valence-electron chi connectivity index (χ2n) is 5.31. The summed E-state index contributed by atoms with van der Waals surface area (Å²) in [4.78, 5) is 13.6. The Morgan fingerprint density at radius 3 is 2.75 bits per heavy atom. The quantitative estimate of drug-likeness (QED) is 0.924. The molecule has 0 aliphatic heterocycles. The van der Waals surface area contributed by atoms with Crippen LogP contribution < -0.4 is 0 Å². The zero-order chi connectivity index (χ0) is 14.7. The summed E-state index contributed by atoms with van der Waals surface area (Å²) in [6, 6.07) is 3.59. The molecule has 0 saturated heterocycles. The topological polar surface area (TPSA) is 40.5 Å². The summed E-state index contributed by atoms with van der Waals surface area (Å²) in [6.07, 6.45) is 2.62. The number of rotatable bonds is 3. The SMILES string of the molecule is CN(C(=O)Cc1cccc(F)c1F)C1CCCCC1O. The number of aliphatic hydroxyl groups is 1. The molecule has 0 aromatic heterocycles. The molecule has 1 fully saturated rings. The maximum absolute atomic E-state index is 13.5. The maximum atomic E-state index is 13.5. The van der Waals surface area contributed by atoms with E-state index < -0.39 is 17.7 Å². The number of carbonyl (C=O) groups is 1. The predicted molar refractivity (Wildman–Crippen MR) is 71.1 cm³/mol. The molecule has 20 heavy (non-hydrogen) atoms. The van der Waals surface area contributed by atoms with Gasteiger partial charge in [-0.05, 0) is 18.9 Å². The number of halogens is 2. The number of carbonyl (C=O) groups excluding carboxylic acids is 1. The molecule has 0 spiro atoms. The molecule has 2 atom stereocenters. The number of amides is 1. The predicted octanol–water partition coefficient (Wildman–Crippen LogP) is 2.27. The lowest BCUT2D eigenvalue weighted by Crippen LogP contribution is -2.46. The van der Waals surface area contributed by atoms with Crippen LogP contribution >= 0.6 is 0 Å². The molecule has 1 aliphatic carbocycles. The molecule has 0 heterocycles. The van der Waals surface area contributed by atoms with E-state index in [0.717, 1.165) is 25.3 Å². The Labute approximate surface area is 117 Å². The number of nitrogens with zero attached hydrogens (tertiary/aromatic N) is 1. The van der Waals surface area contributed by atoms with Gasteiger partial charge in [0.2, 0.25) is 5.91 Å². The first-order valence-corrected chi connectivity index (χ1v) is 6.87. The summed E-state index contributed by atoms with van der Waals surface area (Å²) in [7, 11) is 1.61. The first-order chi connectivity index (χ1) is 9.50. The van der Waals surface area contributed by atoms with Gasteiger partial charge in [-0.1, -0.05) is 25.0 Å². The number of hydrogen-bond acceptors (Lipinski definition) is 2. The van der Waals surface area contributed by atoms with E-state index in [1.54, 1.807) is 7.05 Å². The van der Waals surface area contributed by atoms with Crippen molar-refractivity contribution < 1.29 is 18.7 Å². The second kappa shape index (κ2) is 6.31. The highest BCUT2D eigenvalue weighted by molar-refractivity contribution is 5.79. The van der Waals surface area contributed by atoms with E-state index in [1.807, 2.05) is 0 Å². The van der Waals surface area contributed by atoms with Gasteiger partial charge in [0.05, 0.1) is 18.6 Å². The van der Waals surface area contributed by atoms with Crippen molar-refractivity contribution in [1.82, 2.24) is 4.90 Å². The van der Waals surface area contributed by atoms with Crippen molar-refractivity contribution in [2.45, 2.75) is 44.2 Å². The third-order valence-corrected chi connectivity index (χ3v) is 3.96. The van der Waals surface area contributed by atoms with Gasteiger partial charge in [-0.2, -0.15) is 0 Å². The molecule has 2 unspecified atom stereocenters. The lowest BCUT2D eigenvalue weighted by Gasteiger charge is -2.35. The van der Waals surface area contributed by atoms with Gasteiger partial charge in [-0.3, -0.25) is 4.79 Å². The lowest BCUT2D eigenvalue weighted by molar-refractivity contribution is -0.134. The minimum absolute atomic E-state index is 0.0483. The molecule has 0 bridgehead atoms. The molecule has 5 heteroatoms. The monoisotopic (exact) mass is 283 g/mol. The molecule has 1 amide bonds. The molecule has 1 aromatic rings. The van der Waals surface area contributed by atoms with Crippen molar-refractivity contribution in [3.8, 4) is 0 Å². The molecular weight excluding hydrogens is 264 g/mol. The minimum atomic E-state index is -0.974.